The molecule has 0 bridgehead atoms. The molecule has 0 aliphatic rings. The summed E-state index contributed by atoms with van der Waals surface area (Å²) >= 11 is 15.1. The van der Waals surface area contributed by atoms with Gasteiger partial charge in [-0.25, -0.2) is 4.39 Å². The molecule has 0 heterocycles. The monoisotopic (exact) mass is 692 g/mol. The van der Waals surface area contributed by atoms with Crippen molar-refractivity contribution in [2.75, 3.05) is 11.5 Å². The Balaban J connectivity index is 2.42. The van der Waals surface area contributed by atoms with Crippen LogP contribution in [-0.2, 0) is 6.18 Å². The number of rotatable bonds is 9. The molecule has 1 unspecified atom stereocenters. The summed E-state index contributed by atoms with van der Waals surface area (Å²) in [4.78, 5) is 12.5. The van der Waals surface area contributed by atoms with Crippen molar-refractivity contribution in [3.63, 3.8) is 0 Å². The van der Waals surface area contributed by atoms with Crippen molar-refractivity contribution < 1.29 is 48.7 Å². The second-order valence-corrected chi connectivity index (χ2v) is 11.1. The van der Waals surface area contributed by atoms with Crippen molar-refractivity contribution in [1.29, 1.82) is 0 Å². The van der Waals surface area contributed by atoms with Crippen LogP contribution in [-0.4, -0.2) is 29.6 Å². The Morgan fingerprint density at radius 1 is 1.00 bits per heavy atom. The van der Waals surface area contributed by atoms with Crippen molar-refractivity contribution in [3.05, 3.63) is 73.2 Å². The van der Waals surface area contributed by atoms with Crippen LogP contribution in [0.15, 0.2) is 40.9 Å². The first-order chi connectivity index (χ1) is 17.7. The minimum Gasteiger partial charge on any atom is -0.294 e. The summed E-state index contributed by atoms with van der Waals surface area (Å²) in [5.74, 6) is -7.44. The van der Waals surface area contributed by atoms with E-state index in [1.807, 2.05) is 0 Å². The molecule has 15 heteroatoms. The Morgan fingerprint density at radius 2 is 1.56 bits per heavy atom. The zero-order valence-electron chi connectivity index (χ0n) is 19.5. The minimum absolute atomic E-state index is 0.0623. The molecule has 2 aromatic rings. The van der Waals surface area contributed by atoms with Crippen LogP contribution in [0.1, 0.15) is 46.3 Å². The lowest BCUT2D eigenvalue weighted by atomic mass is 9.93. The van der Waals surface area contributed by atoms with Crippen molar-refractivity contribution in [2.24, 2.45) is 5.92 Å². The maximum Gasteiger partial charge on any atom is 0.417 e. The maximum atomic E-state index is 15.0. The lowest BCUT2D eigenvalue weighted by Gasteiger charge is -2.19. The normalized spacial score (nSPS) is 14.9. The summed E-state index contributed by atoms with van der Waals surface area (Å²) in [5, 5.41) is -0.428. The topological polar surface area (TPSA) is 17.1 Å². The molecule has 0 spiro atoms. The quantitative estimate of drug-likeness (QED) is 0.148. The van der Waals surface area contributed by atoms with Gasteiger partial charge in [0.2, 0.25) is 0 Å². The number of thioether (sulfide) groups is 1. The average molecular weight is 694 g/mol. The molecule has 216 valence electrons. The van der Waals surface area contributed by atoms with Gasteiger partial charge in [-0.1, -0.05) is 42.3 Å². The largest absolute Gasteiger partial charge is 0.417 e. The summed E-state index contributed by atoms with van der Waals surface area (Å²) in [6.45, 7) is 1.38. The smallest absolute Gasteiger partial charge is 0.294 e. The standard InChI is InChI=1S/C24H17BrCl2F10OS/c1-11(9-39-10-22(29,30)31)4-20(38)14-3-2-12(5-16(14)24(35,36)37)19(28)8-15(23(32,33)34)13-6-17(26)21(25)18(27)7-13/h2-3,5-8,11,15H,4,9-10H2,1H3/b19-8-/t11-,15?/m0/s1. The first-order valence-electron chi connectivity index (χ1n) is 10.7. The van der Waals surface area contributed by atoms with E-state index in [0.29, 0.717) is 23.9 Å². The highest BCUT2D eigenvalue weighted by molar-refractivity contribution is 9.10. The van der Waals surface area contributed by atoms with E-state index in [1.54, 1.807) is 0 Å². The van der Waals surface area contributed by atoms with E-state index in [-0.39, 0.29) is 32.4 Å². The van der Waals surface area contributed by atoms with Crippen LogP contribution in [0.4, 0.5) is 43.9 Å². The van der Waals surface area contributed by atoms with E-state index in [4.69, 9.17) is 23.2 Å². The molecule has 0 radical (unpaired) electrons. The molecule has 0 aliphatic heterocycles. The van der Waals surface area contributed by atoms with E-state index in [2.05, 4.69) is 15.9 Å². The molecular weight excluding hydrogens is 677 g/mol. The predicted octanol–water partition coefficient (Wildman–Crippen LogP) is 10.9. The van der Waals surface area contributed by atoms with Crippen molar-refractivity contribution in [3.8, 4) is 0 Å². The van der Waals surface area contributed by atoms with Crippen molar-refractivity contribution in [1.82, 2.24) is 0 Å². The fourth-order valence-electron chi connectivity index (χ4n) is 3.41. The fraction of sp³-hybridized carbons (Fsp3) is 0.375. The molecule has 0 amide bonds. The first kappa shape index (κ1) is 33.8. The molecule has 0 saturated carbocycles. The summed E-state index contributed by atoms with van der Waals surface area (Å²) < 4.78 is 134. The second-order valence-electron chi connectivity index (χ2n) is 8.45. The van der Waals surface area contributed by atoms with Gasteiger partial charge in [0.25, 0.3) is 0 Å². The van der Waals surface area contributed by atoms with Crippen LogP contribution in [0.2, 0.25) is 10.0 Å². The van der Waals surface area contributed by atoms with Gasteiger partial charge in [0.1, 0.15) is 11.7 Å². The first-order valence-corrected chi connectivity index (χ1v) is 13.4. The number of ketones is 1. The van der Waals surface area contributed by atoms with Crippen LogP contribution in [0.3, 0.4) is 0 Å². The summed E-state index contributed by atoms with van der Waals surface area (Å²) in [7, 11) is 0. The second kappa shape index (κ2) is 13.0. The van der Waals surface area contributed by atoms with Gasteiger partial charge >= 0.3 is 18.5 Å². The van der Waals surface area contributed by atoms with Crippen molar-refractivity contribution in [2.45, 2.75) is 37.8 Å². The van der Waals surface area contributed by atoms with Gasteiger partial charge in [0, 0.05) is 17.5 Å². The maximum absolute atomic E-state index is 15.0. The third-order valence-electron chi connectivity index (χ3n) is 5.13. The van der Waals surface area contributed by atoms with E-state index in [9.17, 15) is 48.7 Å². The highest BCUT2D eigenvalue weighted by Gasteiger charge is 2.41. The third-order valence-corrected chi connectivity index (χ3v) is 8.38. The van der Waals surface area contributed by atoms with Gasteiger partial charge < -0.3 is 0 Å². The van der Waals surface area contributed by atoms with E-state index in [1.165, 1.54) is 6.92 Å². The Kier molecular flexibility index (Phi) is 11.3. The van der Waals surface area contributed by atoms with Crippen molar-refractivity contribution >= 4 is 62.5 Å². The van der Waals surface area contributed by atoms with Crippen LogP contribution >= 0.6 is 50.9 Å². The van der Waals surface area contributed by atoms with Gasteiger partial charge in [-0.3, -0.25) is 4.79 Å². The van der Waals surface area contributed by atoms with Gasteiger partial charge in [0.15, 0.2) is 5.78 Å². The molecule has 2 atom stereocenters. The lowest BCUT2D eigenvalue weighted by molar-refractivity contribution is -0.140. The van der Waals surface area contributed by atoms with Crippen LogP contribution in [0, 0.1) is 5.92 Å². The number of halogens is 13. The van der Waals surface area contributed by atoms with Gasteiger partial charge in [0.05, 0.1) is 25.8 Å². The van der Waals surface area contributed by atoms with Gasteiger partial charge in [-0.15, -0.1) is 0 Å². The number of carbonyl (C=O) groups excluding carboxylic acids is 1. The van der Waals surface area contributed by atoms with Crippen LogP contribution < -0.4 is 0 Å². The molecular formula is C24H17BrCl2F10OS. The number of benzene rings is 2. The SMILES string of the molecule is C[C@H](CSCC(F)(F)F)CC(=O)c1ccc(/C(F)=C/C(c2cc(Cl)c(Br)c(Cl)c2)C(F)(F)F)cc1C(F)(F)F. The molecule has 2 rings (SSSR count). The molecule has 0 aliphatic carbocycles. The van der Waals surface area contributed by atoms with E-state index >= 15 is 0 Å². The molecule has 0 saturated heterocycles. The van der Waals surface area contributed by atoms with Crippen LogP contribution in [0.5, 0.6) is 0 Å². The number of hydrogen-bond donors (Lipinski definition) is 0. The number of Topliss-reactive ketones (excluding diaryl/α,β-unsaturated/α-hetero) is 1. The molecule has 0 N–H and O–H groups in total. The third kappa shape index (κ3) is 9.86. The van der Waals surface area contributed by atoms with E-state index < -0.39 is 76.4 Å². The molecule has 0 aromatic heterocycles. The Bertz CT molecular complexity index is 1200. The molecule has 2 aromatic carbocycles. The Hall–Kier alpha value is -1.44. The highest BCUT2D eigenvalue weighted by Crippen LogP contribution is 2.43. The molecule has 1 nitrogen and oxygen atoms in total. The average Bonchev–Trinajstić information content (AvgIpc) is 2.77. The number of allylic oxidation sites excluding steroid dienone is 1. The van der Waals surface area contributed by atoms with Gasteiger partial charge in [-0.2, -0.15) is 51.3 Å². The zero-order valence-corrected chi connectivity index (χ0v) is 23.4. The zero-order chi connectivity index (χ0) is 29.9. The fourth-order valence-corrected chi connectivity index (χ4v) is 5.01. The predicted molar refractivity (Wildman–Crippen MR) is 135 cm³/mol. The lowest BCUT2D eigenvalue weighted by Crippen LogP contribution is -2.19. The minimum atomic E-state index is -5.19. The van der Waals surface area contributed by atoms with E-state index in [0.717, 1.165) is 12.1 Å². The number of carbonyl (C=O) groups is 1. The summed E-state index contributed by atoms with van der Waals surface area (Å²) in [6.07, 6.45) is -15.2. The van der Waals surface area contributed by atoms with Crippen LogP contribution in [0.25, 0.3) is 5.83 Å². The molecule has 39 heavy (non-hydrogen) atoms. The Labute approximate surface area is 239 Å². The Morgan fingerprint density at radius 3 is 2.05 bits per heavy atom. The highest BCUT2D eigenvalue weighted by atomic mass is 79.9. The summed E-state index contributed by atoms with van der Waals surface area (Å²) in [6, 6.07) is 3.29. The van der Waals surface area contributed by atoms with Gasteiger partial charge in [-0.05, 0) is 57.4 Å². The number of alkyl halides is 9. The number of hydrogen-bond acceptors (Lipinski definition) is 2. The molecule has 0 fully saturated rings. The summed E-state index contributed by atoms with van der Waals surface area (Å²) in [5.41, 5.74) is -3.93.